The first kappa shape index (κ1) is 21.1. The highest BCUT2D eigenvalue weighted by molar-refractivity contribution is 9.10. The average Bonchev–Trinajstić information content (AvgIpc) is 2.59. The van der Waals surface area contributed by atoms with E-state index in [2.05, 4.69) is 40.4 Å². The number of methoxy groups -OCH3 is 1. The molecule has 0 aromatic heterocycles. The van der Waals surface area contributed by atoms with Gasteiger partial charge < -0.3 is 24.8 Å². The summed E-state index contributed by atoms with van der Waals surface area (Å²) < 4.78 is 17.2. The minimum Gasteiger partial charge on any atom is -0.490 e. The number of allylic oxidation sites excluding steroid dienone is 1. The minimum absolute atomic E-state index is 0.335. The molecule has 1 aliphatic rings. The first-order valence-electron chi connectivity index (χ1n) is 8.74. The second-order valence-electron chi connectivity index (χ2n) is 6.53. The van der Waals surface area contributed by atoms with Crippen LogP contribution in [0.3, 0.4) is 0 Å². The van der Waals surface area contributed by atoms with Crippen molar-refractivity contribution in [1.29, 1.82) is 0 Å². The quantitative estimate of drug-likeness (QED) is 0.631. The number of halogens is 1. The number of carbonyl (C=O) groups is 2. The molecule has 1 atom stereocenters. The molecule has 0 bridgehead atoms. The number of nitrogens with one attached hydrogen (secondary N) is 2. The Kier molecular flexibility index (Phi) is 7.12. The molecule has 1 aliphatic heterocycles. The maximum absolute atomic E-state index is 12.3. The molecule has 1 aromatic carbocycles. The molecule has 7 nitrogen and oxygen atoms in total. The van der Waals surface area contributed by atoms with E-state index in [-0.39, 0.29) is 6.03 Å². The van der Waals surface area contributed by atoms with Gasteiger partial charge in [-0.1, -0.05) is 13.8 Å². The lowest BCUT2D eigenvalue weighted by atomic mass is 9.95. The van der Waals surface area contributed by atoms with Crippen LogP contribution in [0.2, 0.25) is 0 Å². The zero-order valence-electron chi connectivity index (χ0n) is 16.1. The molecule has 2 N–H and O–H groups in total. The van der Waals surface area contributed by atoms with E-state index in [1.807, 2.05) is 13.0 Å². The predicted molar refractivity (Wildman–Crippen MR) is 105 cm³/mol. The number of amides is 2. The van der Waals surface area contributed by atoms with Gasteiger partial charge in [-0.25, -0.2) is 9.59 Å². The zero-order chi connectivity index (χ0) is 20.1. The van der Waals surface area contributed by atoms with Crippen molar-refractivity contribution in [2.24, 2.45) is 5.92 Å². The van der Waals surface area contributed by atoms with Gasteiger partial charge in [0.25, 0.3) is 0 Å². The molecule has 1 heterocycles. The molecule has 0 fully saturated rings. The monoisotopic (exact) mass is 440 g/mol. The van der Waals surface area contributed by atoms with Gasteiger partial charge in [0.2, 0.25) is 0 Å². The highest BCUT2D eigenvalue weighted by Gasteiger charge is 2.33. The van der Waals surface area contributed by atoms with Gasteiger partial charge in [0.1, 0.15) is 0 Å². The highest BCUT2D eigenvalue weighted by atomic mass is 79.9. The first-order chi connectivity index (χ1) is 12.8. The fourth-order valence-electron chi connectivity index (χ4n) is 2.73. The Hall–Kier alpha value is -2.22. The molecule has 0 unspecified atom stereocenters. The number of hydrogen-bond acceptors (Lipinski definition) is 5. The van der Waals surface area contributed by atoms with Crippen LogP contribution in [0, 0.1) is 5.92 Å². The van der Waals surface area contributed by atoms with Crippen molar-refractivity contribution in [3.05, 3.63) is 33.4 Å². The Morgan fingerprint density at radius 3 is 2.59 bits per heavy atom. The summed E-state index contributed by atoms with van der Waals surface area (Å²) in [4.78, 5) is 24.2. The SMILES string of the molecule is CCOc1cc([C@H]2NC(=O)NC(C)=C2C(=O)OC)cc(Br)c1OCC(C)C. The lowest BCUT2D eigenvalue weighted by Gasteiger charge is -2.28. The van der Waals surface area contributed by atoms with Crippen LogP contribution in [-0.2, 0) is 9.53 Å². The summed E-state index contributed by atoms with van der Waals surface area (Å²) in [5.41, 5.74) is 1.46. The van der Waals surface area contributed by atoms with Gasteiger partial charge in [-0.3, -0.25) is 0 Å². The van der Waals surface area contributed by atoms with Crippen LogP contribution in [0.5, 0.6) is 11.5 Å². The lowest BCUT2D eigenvalue weighted by molar-refractivity contribution is -0.136. The van der Waals surface area contributed by atoms with Crippen molar-refractivity contribution in [3.63, 3.8) is 0 Å². The summed E-state index contributed by atoms with van der Waals surface area (Å²) in [5, 5.41) is 5.37. The maximum Gasteiger partial charge on any atom is 0.337 e. The van der Waals surface area contributed by atoms with Gasteiger partial charge in [-0.2, -0.15) is 0 Å². The van der Waals surface area contributed by atoms with E-state index in [0.717, 1.165) is 0 Å². The molecule has 0 saturated carbocycles. The lowest BCUT2D eigenvalue weighted by Crippen LogP contribution is -2.45. The number of carbonyl (C=O) groups excluding carboxylic acids is 2. The summed E-state index contributed by atoms with van der Waals surface area (Å²) in [6.45, 7) is 8.65. The van der Waals surface area contributed by atoms with Crippen LogP contribution in [0.4, 0.5) is 4.79 Å². The number of urea groups is 1. The Bertz CT molecular complexity index is 761. The molecule has 8 heteroatoms. The number of rotatable bonds is 7. The summed E-state index contributed by atoms with van der Waals surface area (Å²) in [6, 6.07) is 2.53. The van der Waals surface area contributed by atoms with Crippen LogP contribution in [0.1, 0.15) is 39.3 Å². The topological polar surface area (TPSA) is 85.9 Å². The molecule has 148 valence electrons. The van der Waals surface area contributed by atoms with E-state index in [0.29, 0.717) is 51.9 Å². The summed E-state index contributed by atoms with van der Waals surface area (Å²) in [6.07, 6.45) is 0. The van der Waals surface area contributed by atoms with Gasteiger partial charge in [0.15, 0.2) is 11.5 Å². The van der Waals surface area contributed by atoms with Gasteiger partial charge >= 0.3 is 12.0 Å². The Labute approximate surface area is 167 Å². The fourth-order valence-corrected chi connectivity index (χ4v) is 3.31. The van der Waals surface area contributed by atoms with Gasteiger partial charge in [-0.15, -0.1) is 0 Å². The largest absolute Gasteiger partial charge is 0.490 e. The molecular weight excluding hydrogens is 416 g/mol. The second-order valence-corrected chi connectivity index (χ2v) is 7.38. The molecule has 27 heavy (non-hydrogen) atoms. The molecule has 1 aromatic rings. The Morgan fingerprint density at radius 1 is 1.30 bits per heavy atom. The van der Waals surface area contributed by atoms with E-state index < -0.39 is 12.0 Å². The normalized spacial score (nSPS) is 16.7. The third kappa shape index (κ3) is 4.94. The second kappa shape index (κ2) is 9.12. The maximum atomic E-state index is 12.3. The number of esters is 1. The molecule has 0 saturated heterocycles. The molecule has 0 spiro atoms. The van der Waals surface area contributed by atoms with Gasteiger partial charge in [0, 0.05) is 5.70 Å². The van der Waals surface area contributed by atoms with E-state index in [1.54, 1.807) is 13.0 Å². The molecule has 2 rings (SSSR count). The standard InChI is InChI=1S/C19H25BrN2O5/c1-6-26-14-8-12(7-13(20)17(14)27-9-10(2)3)16-15(18(23)25-5)11(4)21-19(24)22-16/h7-8,10,16H,6,9H2,1-5H3,(H2,21,22,24)/t16-/m1/s1. The highest BCUT2D eigenvalue weighted by Crippen LogP contribution is 2.40. The van der Waals surface area contributed by atoms with E-state index in [1.165, 1.54) is 7.11 Å². The minimum atomic E-state index is -0.666. The number of ether oxygens (including phenoxy) is 3. The Balaban J connectivity index is 2.51. The van der Waals surface area contributed by atoms with Crippen molar-refractivity contribution in [2.45, 2.75) is 33.7 Å². The van der Waals surface area contributed by atoms with E-state index >= 15 is 0 Å². The van der Waals surface area contributed by atoms with Gasteiger partial charge in [-0.05, 0) is 53.4 Å². The summed E-state index contributed by atoms with van der Waals surface area (Å²) in [5.74, 6) is 0.970. The van der Waals surface area contributed by atoms with Crippen molar-refractivity contribution in [2.75, 3.05) is 20.3 Å². The molecule has 0 aliphatic carbocycles. The average molecular weight is 441 g/mol. The van der Waals surface area contributed by atoms with E-state index in [4.69, 9.17) is 14.2 Å². The molecule has 2 amide bonds. The van der Waals surface area contributed by atoms with Crippen LogP contribution in [0.25, 0.3) is 0 Å². The summed E-state index contributed by atoms with van der Waals surface area (Å²) in [7, 11) is 1.31. The number of benzene rings is 1. The van der Waals surface area contributed by atoms with Crippen molar-refractivity contribution < 1.29 is 23.8 Å². The van der Waals surface area contributed by atoms with Crippen LogP contribution in [0.15, 0.2) is 27.9 Å². The first-order valence-corrected chi connectivity index (χ1v) is 9.53. The summed E-state index contributed by atoms with van der Waals surface area (Å²) >= 11 is 3.52. The van der Waals surface area contributed by atoms with Gasteiger partial charge in [0.05, 0.1) is 36.4 Å². The van der Waals surface area contributed by atoms with Crippen LogP contribution >= 0.6 is 15.9 Å². The molecule has 0 radical (unpaired) electrons. The van der Waals surface area contributed by atoms with Crippen molar-refractivity contribution >= 4 is 27.9 Å². The third-order valence-corrected chi connectivity index (χ3v) is 4.49. The van der Waals surface area contributed by atoms with Crippen LogP contribution in [-0.4, -0.2) is 32.3 Å². The smallest absolute Gasteiger partial charge is 0.337 e. The van der Waals surface area contributed by atoms with Crippen LogP contribution < -0.4 is 20.1 Å². The van der Waals surface area contributed by atoms with Crippen molar-refractivity contribution in [1.82, 2.24) is 10.6 Å². The zero-order valence-corrected chi connectivity index (χ0v) is 17.7. The van der Waals surface area contributed by atoms with Crippen molar-refractivity contribution in [3.8, 4) is 11.5 Å². The fraction of sp³-hybridized carbons (Fsp3) is 0.474. The molecular formula is C19H25BrN2O5. The third-order valence-electron chi connectivity index (χ3n) is 3.90. The number of hydrogen-bond donors (Lipinski definition) is 2. The van der Waals surface area contributed by atoms with E-state index in [9.17, 15) is 9.59 Å². The Morgan fingerprint density at radius 2 is 2.00 bits per heavy atom. The predicted octanol–water partition coefficient (Wildman–Crippen LogP) is 3.68.